The van der Waals surface area contributed by atoms with Crippen LogP contribution in [0.4, 0.5) is 0 Å². The summed E-state index contributed by atoms with van der Waals surface area (Å²) in [6.07, 6.45) is 0. The minimum atomic E-state index is -1.82. The Bertz CT molecular complexity index is 97.6. The van der Waals surface area contributed by atoms with Crippen molar-refractivity contribution in [2.45, 2.75) is 25.3 Å². The highest BCUT2D eigenvalue weighted by Gasteiger charge is 2.37. The SMILES string of the molecule is CO[Si](C)(C)C(C)(N)N. The van der Waals surface area contributed by atoms with Gasteiger partial charge >= 0.3 is 0 Å². The number of rotatable bonds is 2. The van der Waals surface area contributed by atoms with E-state index in [1.54, 1.807) is 14.0 Å². The van der Waals surface area contributed by atoms with Crippen LogP contribution in [0.15, 0.2) is 0 Å². The summed E-state index contributed by atoms with van der Waals surface area (Å²) in [6, 6.07) is 0. The minimum absolute atomic E-state index is 0.637. The van der Waals surface area contributed by atoms with E-state index in [1.165, 1.54) is 0 Å². The molecule has 0 aromatic rings. The maximum atomic E-state index is 5.64. The Morgan fingerprint density at radius 2 is 1.67 bits per heavy atom. The molecule has 0 saturated heterocycles. The van der Waals surface area contributed by atoms with E-state index in [4.69, 9.17) is 15.9 Å². The summed E-state index contributed by atoms with van der Waals surface area (Å²) in [4.78, 5) is 0. The molecule has 0 heterocycles. The van der Waals surface area contributed by atoms with Gasteiger partial charge in [-0.05, 0) is 20.0 Å². The van der Waals surface area contributed by atoms with Crippen LogP contribution in [0.25, 0.3) is 0 Å². The van der Waals surface area contributed by atoms with Crippen molar-refractivity contribution in [3.63, 3.8) is 0 Å². The predicted octanol–water partition coefficient (Wildman–Crippen LogP) is 0.0107. The molecule has 0 aromatic heterocycles. The van der Waals surface area contributed by atoms with Gasteiger partial charge in [0, 0.05) is 7.11 Å². The second-order valence-electron chi connectivity index (χ2n) is 3.00. The van der Waals surface area contributed by atoms with Crippen LogP contribution in [0.2, 0.25) is 13.1 Å². The molecule has 0 aliphatic heterocycles. The van der Waals surface area contributed by atoms with Crippen molar-refractivity contribution in [3.8, 4) is 0 Å². The quantitative estimate of drug-likeness (QED) is 0.428. The molecule has 0 aliphatic rings. The van der Waals surface area contributed by atoms with E-state index in [0.29, 0.717) is 0 Å². The standard InChI is InChI=1S/C5H16N2OSi/c1-5(6,7)9(3,4)8-2/h6-7H2,1-4H3. The summed E-state index contributed by atoms with van der Waals surface area (Å²) in [5, 5.41) is -0.637. The van der Waals surface area contributed by atoms with E-state index in [-0.39, 0.29) is 0 Å². The Morgan fingerprint density at radius 1 is 1.33 bits per heavy atom. The third-order valence-corrected chi connectivity index (χ3v) is 5.42. The Hall–Kier alpha value is 0.0969. The topological polar surface area (TPSA) is 61.3 Å². The Labute approximate surface area is 57.5 Å². The van der Waals surface area contributed by atoms with Crippen LogP contribution in [0.3, 0.4) is 0 Å². The van der Waals surface area contributed by atoms with Gasteiger partial charge in [0.05, 0.1) is 5.29 Å². The van der Waals surface area contributed by atoms with Gasteiger partial charge < -0.3 is 15.9 Å². The maximum absolute atomic E-state index is 5.64. The van der Waals surface area contributed by atoms with E-state index in [2.05, 4.69) is 0 Å². The third kappa shape index (κ3) is 2.06. The second-order valence-corrected chi connectivity index (χ2v) is 7.50. The van der Waals surface area contributed by atoms with Crippen LogP contribution in [0, 0.1) is 0 Å². The third-order valence-electron chi connectivity index (χ3n) is 1.81. The lowest BCUT2D eigenvalue weighted by Crippen LogP contribution is -2.66. The van der Waals surface area contributed by atoms with E-state index >= 15 is 0 Å². The van der Waals surface area contributed by atoms with Crippen molar-refractivity contribution in [1.29, 1.82) is 0 Å². The van der Waals surface area contributed by atoms with Crippen LogP contribution in [0.5, 0.6) is 0 Å². The number of hydrogen-bond donors (Lipinski definition) is 2. The molecule has 0 fully saturated rings. The molecule has 56 valence electrons. The molecule has 4 N–H and O–H groups in total. The maximum Gasteiger partial charge on any atom is 0.219 e. The summed E-state index contributed by atoms with van der Waals surface area (Å²) in [5.41, 5.74) is 11.3. The first-order valence-electron chi connectivity index (χ1n) is 2.94. The zero-order chi connectivity index (χ0) is 7.71. The van der Waals surface area contributed by atoms with Gasteiger partial charge in [0.1, 0.15) is 0 Å². The molecule has 0 saturated carbocycles. The van der Waals surface area contributed by atoms with Crippen molar-refractivity contribution < 1.29 is 4.43 Å². The summed E-state index contributed by atoms with van der Waals surface area (Å²) < 4.78 is 5.19. The highest BCUT2D eigenvalue weighted by atomic mass is 28.4. The van der Waals surface area contributed by atoms with Gasteiger partial charge in [0.2, 0.25) is 8.32 Å². The van der Waals surface area contributed by atoms with Gasteiger partial charge in [0.15, 0.2) is 0 Å². The molecule has 0 aromatic carbocycles. The minimum Gasteiger partial charge on any atom is -0.417 e. The Kier molecular flexibility index (Phi) is 2.40. The highest BCUT2D eigenvalue weighted by molar-refractivity contribution is 6.74. The fraction of sp³-hybridized carbons (Fsp3) is 1.00. The molecule has 0 aliphatic carbocycles. The van der Waals surface area contributed by atoms with Crippen molar-refractivity contribution in [2.75, 3.05) is 7.11 Å². The zero-order valence-electron chi connectivity index (χ0n) is 6.56. The van der Waals surface area contributed by atoms with Crippen molar-refractivity contribution in [1.82, 2.24) is 0 Å². The van der Waals surface area contributed by atoms with Crippen molar-refractivity contribution >= 4 is 8.32 Å². The average Bonchev–Trinajstić information content (AvgIpc) is 1.64. The van der Waals surface area contributed by atoms with Crippen molar-refractivity contribution in [2.24, 2.45) is 11.5 Å². The molecule has 3 nitrogen and oxygen atoms in total. The summed E-state index contributed by atoms with van der Waals surface area (Å²) in [6.45, 7) is 5.78. The number of hydrogen-bond acceptors (Lipinski definition) is 3. The lowest BCUT2D eigenvalue weighted by molar-refractivity contribution is 0.367. The first kappa shape index (κ1) is 9.10. The first-order valence-corrected chi connectivity index (χ1v) is 5.85. The van der Waals surface area contributed by atoms with Gasteiger partial charge in [-0.25, -0.2) is 0 Å². The highest BCUT2D eigenvalue weighted by Crippen LogP contribution is 2.11. The van der Waals surface area contributed by atoms with Crippen molar-refractivity contribution in [3.05, 3.63) is 0 Å². The molecule has 0 radical (unpaired) electrons. The summed E-state index contributed by atoms with van der Waals surface area (Å²) >= 11 is 0. The molecule has 4 heteroatoms. The first-order chi connectivity index (χ1) is 3.81. The molecular weight excluding hydrogens is 132 g/mol. The molecule has 0 atom stereocenters. The van der Waals surface area contributed by atoms with Crippen LogP contribution in [-0.2, 0) is 4.43 Å². The molecule has 0 spiro atoms. The Morgan fingerprint density at radius 3 is 1.67 bits per heavy atom. The fourth-order valence-corrected chi connectivity index (χ4v) is 0.660. The normalized spacial score (nSPS) is 14.0. The molecule has 0 amide bonds. The molecule has 0 unspecified atom stereocenters. The van der Waals surface area contributed by atoms with Crippen LogP contribution in [0.1, 0.15) is 6.92 Å². The van der Waals surface area contributed by atoms with Crippen LogP contribution < -0.4 is 11.5 Å². The smallest absolute Gasteiger partial charge is 0.219 e. The monoisotopic (exact) mass is 148 g/mol. The molecule has 0 rings (SSSR count). The Balaban J connectivity index is 4.14. The fourth-order valence-electron chi connectivity index (χ4n) is 0.220. The summed E-state index contributed by atoms with van der Waals surface area (Å²) in [5.74, 6) is 0. The van der Waals surface area contributed by atoms with Gasteiger partial charge in [-0.1, -0.05) is 0 Å². The lowest BCUT2D eigenvalue weighted by atomic mass is 10.6. The molecule has 9 heavy (non-hydrogen) atoms. The lowest BCUT2D eigenvalue weighted by Gasteiger charge is -2.33. The van der Waals surface area contributed by atoms with E-state index < -0.39 is 13.6 Å². The summed E-state index contributed by atoms with van der Waals surface area (Å²) in [7, 11) is -0.166. The van der Waals surface area contributed by atoms with E-state index in [9.17, 15) is 0 Å². The van der Waals surface area contributed by atoms with Gasteiger partial charge in [-0.2, -0.15) is 0 Å². The zero-order valence-corrected chi connectivity index (χ0v) is 7.56. The molecular formula is C5H16N2OSi. The second kappa shape index (κ2) is 2.38. The van der Waals surface area contributed by atoms with Gasteiger partial charge in [0.25, 0.3) is 0 Å². The van der Waals surface area contributed by atoms with Gasteiger partial charge in [-0.15, -0.1) is 0 Å². The predicted molar refractivity (Wildman–Crippen MR) is 41.3 cm³/mol. The van der Waals surface area contributed by atoms with Crippen LogP contribution in [-0.4, -0.2) is 20.7 Å². The largest absolute Gasteiger partial charge is 0.417 e. The molecule has 0 bridgehead atoms. The van der Waals surface area contributed by atoms with Crippen LogP contribution >= 0.6 is 0 Å². The average molecular weight is 148 g/mol. The van der Waals surface area contributed by atoms with E-state index in [1.807, 2.05) is 13.1 Å². The van der Waals surface area contributed by atoms with Gasteiger partial charge in [-0.3, -0.25) is 0 Å². The number of nitrogens with two attached hydrogens (primary N) is 2. The van der Waals surface area contributed by atoms with E-state index in [0.717, 1.165) is 0 Å².